The van der Waals surface area contributed by atoms with Gasteiger partial charge in [-0.15, -0.1) is 0 Å². The van der Waals surface area contributed by atoms with E-state index in [1.807, 2.05) is 0 Å². The molecular formula is C16H29NO2. The smallest absolute Gasteiger partial charge is 0.0685 e. The van der Waals surface area contributed by atoms with Gasteiger partial charge >= 0.3 is 0 Å². The molecule has 0 bridgehead atoms. The van der Waals surface area contributed by atoms with Crippen molar-refractivity contribution in [2.45, 2.75) is 69.4 Å². The van der Waals surface area contributed by atoms with E-state index in [1.165, 1.54) is 44.9 Å². The lowest BCUT2D eigenvalue weighted by molar-refractivity contribution is -0.124. The highest BCUT2D eigenvalue weighted by Crippen LogP contribution is 2.42. The van der Waals surface area contributed by atoms with Gasteiger partial charge < -0.3 is 15.2 Å². The van der Waals surface area contributed by atoms with Gasteiger partial charge in [-0.1, -0.05) is 19.3 Å². The predicted molar refractivity (Wildman–Crippen MR) is 76.0 cm³/mol. The Kier molecular flexibility index (Phi) is 4.45. The third-order valence-electron chi connectivity index (χ3n) is 5.65. The fraction of sp³-hybridized carbons (Fsp3) is 1.00. The van der Waals surface area contributed by atoms with Crippen LogP contribution in [0.15, 0.2) is 0 Å². The van der Waals surface area contributed by atoms with Crippen LogP contribution in [0.1, 0.15) is 57.8 Å². The fourth-order valence-electron chi connectivity index (χ4n) is 4.42. The minimum atomic E-state index is 0.198. The van der Waals surface area contributed by atoms with Gasteiger partial charge in [0.1, 0.15) is 0 Å². The zero-order valence-corrected chi connectivity index (χ0v) is 12.1. The standard InChI is InChI=1S/C16H29NO2/c17-15(13-4-9-18-10-5-13)14-6-11-19-16(12-14)7-2-1-3-8-16/h13-15H,1-12,17H2. The van der Waals surface area contributed by atoms with E-state index in [0.717, 1.165) is 32.7 Å². The zero-order valence-electron chi connectivity index (χ0n) is 12.1. The molecule has 1 aliphatic carbocycles. The molecule has 3 nitrogen and oxygen atoms in total. The number of hydrogen-bond donors (Lipinski definition) is 1. The Labute approximate surface area is 117 Å². The monoisotopic (exact) mass is 267 g/mol. The first-order valence-electron chi connectivity index (χ1n) is 8.26. The topological polar surface area (TPSA) is 44.5 Å². The fourth-order valence-corrected chi connectivity index (χ4v) is 4.42. The van der Waals surface area contributed by atoms with Crippen molar-refractivity contribution in [1.29, 1.82) is 0 Å². The second kappa shape index (κ2) is 6.11. The second-order valence-corrected chi connectivity index (χ2v) is 6.87. The van der Waals surface area contributed by atoms with Gasteiger partial charge in [-0.2, -0.15) is 0 Å². The quantitative estimate of drug-likeness (QED) is 0.836. The molecule has 1 spiro atoms. The Hall–Kier alpha value is -0.120. The van der Waals surface area contributed by atoms with Gasteiger partial charge in [0.05, 0.1) is 5.60 Å². The van der Waals surface area contributed by atoms with Crippen LogP contribution in [-0.2, 0) is 9.47 Å². The van der Waals surface area contributed by atoms with Crippen molar-refractivity contribution in [3.8, 4) is 0 Å². The maximum atomic E-state index is 6.60. The van der Waals surface area contributed by atoms with Gasteiger partial charge in [0.15, 0.2) is 0 Å². The van der Waals surface area contributed by atoms with E-state index in [2.05, 4.69) is 0 Å². The normalized spacial score (nSPS) is 34.3. The lowest BCUT2D eigenvalue weighted by atomic mass is 9.71. The molecule has 0 aromatic carbocycles. The molecule has 3 heteroatoms. The lowest BCUT2D eigenvalue weighted by Gasteiger charge is -2.46. The van der Waals surface area contributed by atoms with Gasteiger partial charge in [-0.3, -0.25) is 0 Å². The molecule has 0 aromatic rings. The van der Waals surface area contributed by atoms with Gasteiger partial charge in [-0.25, -0.2) is 0 Å². The summed E-state index contributed by atoms with van der Waals surface area (Å²) < 4.78 is 11.7. The molecule has 3 aliphatic rings. The summed E-state index contributed by atoms with van der Waals surface area (Å²) in [5.41, 5.74) is 6.80. The highest BCUT2D eigenvalue weighted by atomic mass is 16.5. The highest BCUT2D eigenvalue weighted by Gasteiger charge is 2.41. The molecule has 2 unspecified atom stereocenters. The SMILES string of the molecule is NC(C1CCOCC1)C1CCOC2(CCCCC2)C1. The second-order valence-electron chi connectivity index (χ2n) is 6.87. The average molecular weight is 267 g/mol. The van der Waals surface area contributed by atoms with Crippen LogP contribution in [0.4, 0.5) is 0 Å². The van der Waals surface area contributed by atoms with Crippen molar-refractivity contribution < 1.29 is 9.47 Å². The zero-order chi connectivity index (χ0) is 13.1. The largest absolute Gasteiger partial charge is 0.381 e. The summed E-state index contributed by atoms with van der Waals surface area (Å²) in [5, 5.41) is 0. The van der Waals surface area contributed by atoms with E-state index in [4.69, 9.17) is 15.2 Å². The van der Waals surface area contributed by atoms with Crippen LogP contribution >= 0.6 is 0 Å². The van der Waals surface area contributed by atoms with E-state index >= 15 is 0 Å². The van der Waals surface area contributed by atoms with E-state index in [1.54, 1.807) is 0 Å². The number of hydrogen-bond acceptors (Lipinski definition) is 3. The molecule has 2 atom stereocenters. The lowest BCUT2D eigenvalue weighted by Crippen LogP contribution is -2.49. The van der Waals surface area contributed by atoms with Crippen LogP contribution in [0.3, 0.4) is 0 Å². The van der Waals surface area contributed by atoms with Crippen molar-refractivity contribution >= 4 is 0 Å². The minimum absolute atomic E-state index is 0.198. The van der Waals surface area contributed by atoms with Gasteiger partial charge in [0.25, 0.3) is 0 Å². The maximum absolute atomic E-state index is 6.60. The van der Waals surface area contributed by atoms with Crippen LogP contribution < -0.4 is 5.73 Å². The van der Waals surface area contributed by atoms with Crippen LogP contribution in [0, 0.1) is 11.8 Å². The summed E-state index contributed by atoms with van der Waals surface area (Å²) >= 11 is 0. The summed E-state index contributed by atoms with van der Waals surface area (Å²) in [4.78, 5) is 0. The minimum Gasteiger partial charge on any atom is -0.381 e. The van der Waals surface area contributed by atoms with Crippen molar-refractivity contribution in [2.24, 2.45) is 17.6 Å². The third-order valence-corrected chi connectivity index (χ3v) is 5.65. The van der Waals surface area contributed by atoms with Gasteiger partial charge in [0.2, 0.25) is 0 Å². The first-order chi connectivity index (χ1) is 9.29. The molecule has 0 aromatic heterocycles. The summed E-state index contributed by atoms with van der Waals surface area (Å²) in [6.45, 7) is 2.75. The summed E-state index contributed by atoms with van der Waals surface area (Å²) in [7, 11) is 0. The molecule has 2 saturated heterocycles. The predicted octanol–water partition coefficient (Wildman–Crippen LogP) is 2.87. The molecule has 3 rings (SSSR count). The Bertz CT molecular complexity index is 277. The summed E-state index contributed by atoms with van der Waals surface area (Å²) in [5.74, 6) is 1.35. The molecule has 2 aliphatic heterocycles. The number of rotatable bonds is 2. The summed E-state index contributed by atoms with van der Waals surface area (Å²) in [6, 6.07) is 0.367. The molecular weight excluding hydrogens is 238 g/mol. The molecule has 19 heavy (non-hydrogen) atoms. The van der Waals surface area contributed by atoms with Crippen LogP contribution in [-0.4, -0.2) is 31.5 Å². The van der Waals surface area contributed by atoms with E-state index in [-0.39, 0.29) is 5.60 Å². The first-order valence-corrected chi connectivity index (χ1v) is 8.26. The molecule has 2 heterocycles. The Morgan fingerprint density at radius 3 is 2.32 bits per heavy atom. The molecule has 2 N–H and O–H groups in total. The highest BCUT2D eigenvalue weighted by molar-refractivity contribution is 4.94. The molecule has 3 fully saturated rings. The molecule has 110 valence electrons. The Balaban J connectivity index is 1.60. The molecule has 0 amide bonds. The van der Waals surface area contributed by atoms with Crippen LogP contribution in [0.2, 0.25) is 0 Å². The number of nitrogens with two attached hydrogens (primary N) is 1. The Morgan fingerprint density at radius 1 is 0.895 bits per heavy atom. The maximum Gasteiger partial charge on any atom is 0.0685 e. The molecule has 0 radical (unpaired) electrons. The van der Waals surface area contributed by atoms with Gasteiger partial charge in [-0.05, 0) is 50.4 Å². The Morgan fingerprint density at radius 2 is 1.58 bits per heavy atom. The van der Waals surface area contributed by atoms with E-state index < -0.39 is 0 Å². The van der Waals surface area contributed by atoms with Gasteiger partial charge in [0, 0.05) is 25.9 Å². The first kappa shape index (κ1) is 13.8. The molecule has 1 saturated carbocycles. The number of ether oxygens (including phenoxy) is 2. The van der Waals surface area contributed by atoms with Crippen LogP contribution in [0.25, 0.3) is 0 Å². The summed E-state index contributed by atoms with van der Waals surface area (Å²) in [6.07, 6.45) is 11.3. The van der Waals surface area contributed by atoms with Crippen molar-refractivity contribution in [1.82, 2.24) is 0 Å². The van der Waals surface area contributed by atoms with E-state index in [9.17, 15) is 0 Å². The average Bonchev–Trinajstić information content (AvgIpc) is 2.48. The van der Waals surface area contributed by atoms with E-state index in [0.29, 0.717) is 17.9 Å². The van der Waals surface area contributed by atoms with Crippen molar-refractivity contribution in [3.63, 3.8) is 0 Å². The van der Waals surface area contributed by atoms with Crippen LogP contribution in [0.5, 0.6) is 0 Å². The van der Waals surface area contributed by atoms with Crippen molar-refractivity contribution in [3.05, 3.63) is 0 Å². The third kappa shape index (κ3) is 3.14. The van der Waals surface area contributed by atoms with Crippen molar-refractivity contribution in [2.75, 3.05) is 19.8 Å².